The van der Waals surface area contributed by atoms with Gasteiger partial charge in [0.25, 0.3) is 0 Å². The molecule has 56 heavy (non-hydrogen) atoms. The van der Waals surface area contributed by atoms with E-state index in [2.05, 4.69) is 19.9 Å². The summed E-state index contributed by atoms with van der Waals surface area (Å²) in [4.78, 5) is 41.2. The first-order chi connectivity index (χ1) is 26.6. The molecule has 0 unspecified atom stereocenters. The number of aromatic amines is 1. The normalized spacial score (nSPS) is 18.8. The number of rotatable bonds is 11. The maximum Gasteiger partial charge on any atom is 0.407 e. The van der Waals surface area contributed by atoms with Gasteiger partial charge in [0, 0.05) is 24.2 Å². The number of ether oxygens (including phenoxy) is 2. The lowest BCUT2D eigenvalue weighted by molar-refractivity contribution is -0.135. The molecule has 3 atom stereocenters. The molecule has 3 aliphatic rings. The molecule has 2 fully saturated rings. The Kier molecular flexibility index (Phi) is 9.77. The monoisotopic (exact) mass is 782 g/mol. The quantitative estimate of drug-likeness (QED) is 0.126. The Labute approximate surface area is 330 Å². The van der Waals surface area contributed by atoms with Crippen LogP contribution >= 0.6 is 11.3 Å². The molecule has 5 aromatic rings. The lowest BCUT2D eigenvalue weighted by Crippen LogP contribution is -2.51. The predicted octanol–water partition coefficient (Wildman–Crippen LogP) is 6.70. The number of fused-ring (bicyclic) bond motifs is 5. The van der Waals surface area contributed by atoms with Crippen LogP contribution < -0.4 is 15.5 Å². The number of benzene rings is 2. The lowest BCUT2D eigenvalue weighted by atomic mass is 9.82. The van der Waals surface area contributed by atoms with E-state index in [1.807, 2.05) is 64.2 Å². The smallest absolute Gasteiger partial charge is 0.407 e. The highest BCUT2D eigenvalue weighted by molar-refractivity contribution is 7.11. The third-order valence-corrected chi connectivity index (χ3v) is 12.8. The van der Waals surface area contributed by atoms with Gasteiger partial charge in [0.1, 0.15) is 23.4 Å². The van der Waals surface area contributed by atoms with E-state index in [1.54, 1.807) is 36.3 Å². The van der Waals surface area contributed by atoms with E-state index in [1.165, 1.54) is 13.2 Å². The number of nitrogens with zero attached hydrogens (tertiary/aromatic N) is 4. The summed E-state index contributed by atoms with van der Waals surface area (Å²) >= 11 is 1.64. The summed E-state index contributed by atoms with van der Waals surface area (Å²) in [6.45, 7) is 11.5. The molecule has 3 aromatic heterocycles. The van der Waals surface area contributed by atoms with E-state index >= 15 is 4.39 Å². The molecule has 2 aliphatic heterocycles. The highest BCUT2D eigenvalue weighted by Crippen LogP contribution is 2.49. The van der Waals surface area contributed by atoms with Crippen LogP contribution in [0.3, 0.4) is 0 Å². The summed E-state index contributed by atoms with van der Waals surface area (Å²) in [5.74, 6) is 0.665. The summed E-state index contributed by atoms with van der Waals surface area (Å²) in [6.07, 6.45) is 6.04. The maximum atomic E-state index is 16.6. The fourth-order valence-electron chi connectivity index (χ4n) is 7.48. The second kappa shape index (κ2) is 14.3. The first kappa shape index (κ1) is 38.2. The highest BCUT2D eigenvalue weighted by atomic mass is 32.1. The molecule has 1 aliphatic carbocycles. The van der Waals surface area contributed by atoms with Crippen molar-refractivity contribution in [2.75, 3.05) is 13.7 Å². The van der Waals surface area contributed by atoms with Crippen LogP contribution in [0.5, 0.6) is 5.75 Å². The van der Waals surface area contributed by atoms with Crippen LogP contribution in [0, 0.1) is 11.7 Å². The second-order valence-electron chi connectivity index (χ2n) is 16.6. The van der Waals surface area contributed by atoms with Gasteiger partial charge in [-0.25, -0.2) is 19.2 Å². The van der Waals surface area contributed by atoms with Crippen LogP contribution in [0.25, 0.3) is 33.4 Å². The van der Waals surface area contributed by atoms with E-state index in [9.17, 15) is 14.7 Å². The molecular formula is C41H48BFN6O6S. The summed E-state index contributed by atoms with van der Waals surface area (Å²) in [6, 6.07) is 10.3. The Bertz CT molecular complexity index is 2310. The molecule has 8 rings (SSSR count). The average Bonchev–Trinajstić information content (AvgIpc) is 3.56. The van der Waals surface area contributed by atoms with E-state index in [4.69, 9.17) is 19.1 Å². The highest BCUT2D eigenvalue weighted by Gasteiger charge is 2.39. The van der Waals surface area contributed by atoms with Crippen molar-refractivity contribution in [1.82, 2.24) is 29.7 Å². The Hall–Kier alpha value is -4.73. The minimum atomic E-state index is -1.04. The van der Waals surface area contributed by atoms with Crippen LogP contribution in [0.2, 0.25) is 0 Å². The van der Waals surface area contributed by atoms with Crippen LogP contribution in [0.4, 0.5) is 9.18 Å². The van der Waals surface area contributed by atoms with Gasteiger partial charge in [-0.2, -0.15) is 0 Å². The number of carbonyl (C=O) groups is 2. The Balaban J connectivity index is 1.13. The van der Waals surface area contributed by atoms with Gasteiger partial charge in [-0.1, -0.05) is 31.4 Å². The number of aliphatic hydroxyl groups is 1. The standard InChI is InChI=1S/C41H48BFN6O6S/c1-21(2)34(47-39(51)53-7)37(50)48-14-8-9-29(48)35-44-19-27(46-35)23-16-26(43)33-30-17-24-15-25(42-55-41(5,6)40(3,4)52)12-13-28(24)49(30)38(54-31(33)18-23)32-20-45-36(56-32)22-10-11-22/h12-13,15-22,29,34,38,42,52H,8-11,14H2,1-7H3,(H,44,46)(H,47,51)/t29-,34-,38-/m0/s1. The third kappa shape index (κ3) is 6.98. The van der Waals surface area contributed by atoms with Crippen molar-refractivity contribution in [1.29, 1.82) is 0 Å². The lowest BCUT2D eigenvalue weighted by Gasteiger charge is -2.37. The number of hydrogen-bond donors (Lipinski definition) is 3. The molecule has 1 saturated heterocycles. The number of methoxy groups -OCH3 is 1. The van der Waals surface area contributed by atoms with Crippen LogP contribution in [-0.2, 0) is 14.2 Å². The molecule has 294 valence electrons. The molecule has 0 radical (unpaired) electrons. The number of aromatic nitrogens is 4. The van der Waals surface area contributed by atoms with E-state index < -0.39 is 35.4 Å². The topological polar surface area (TPSA) is 144 Å². The van der Waals surface area contributed by atoms with Crippen molar-refractivity contribution < 1.29 is 33.2 Å². The molecule has 2 aromatic carbocycles. The SMILES string of the molecule is COC(=O)N[C@H](C(=O)N1CCC[C@H]1c1ncc(-c2cc(F)c3c(c2)O[C@@H](c2cnc(C4CC4)s2)n2c-3cc3cc(BOC(C)(C)C(C)(C)O)ccc32)[nH]1)C(C)C. The van der Waals surface area contributed by atoms with Gasteiger partial charge in [0.15, 0.2) is 0 Å². The fourth-order valence-corrected chi connectivity index (χ4v) is 8.59. The number of likely N-dealkylation sites (tertiary alicyclic amines) is 1. The summed E-state index contributed by atoms with van der Waals surface area (Å²) in [5.41, 5.74) is 2.20. The summed E-state index contributed by atoms with van der Waals surface area (Å²) < 4.78 is 36.4. The summed E-state index contributed by atoms with van der Waals surface area (Å²) in [7, 11) is 1.57. The Morgan fingerprint density at radius 2 is 1.89 bits per heavy atom. The third-order valence-electron chi connectivity index (χ3n) is 11.6. The van der Waals surface area contributed by atoms with E-state index in [-0.39, 0.29) is 17.9 Å². The zero-order chi connectivity index (χ0) is 39.7. The summed E-state index contributed by atoms with van der Waals surface area (Å²) in [5, 5.41) is 15.3. The molecule has 5 heterocycles. The van der Waals surface area contributed by atoms with E-state index in [0.29, 0.717) is 60.5 Å². The van der Waals surface area contributed by atoms with Crippen molar-refractivity contribution in [2.45, 2.75) is 103 Å². The second-order valence-corrected chi connectivity index (χ2v) is 17.7. The molecule has 2 amide bonds. The molecule has 3 N–H and O–H groups in total. The van der Waals surface area contributed by atoms with Crippen molar-refractivity contribution >= 4 is 47.2 Å². The van der Waals surface area contributed by atoms with Crippen molar-refractivity contribution in [2.24, 2.45) is 5.92 Å². The van der Waals surface area contributed by atoms with Gasteiger partial charge < -0.3 is 34.4 Å². The number of amides is 2. The number of nitrogens with one attached hydrogen (secondary N) is 2. The zero-order valence-electron chi connectivity index (χ0n) is 32.8. The number of H-pyrrole nitrogens is 1. The molecule has 0 spiro atoms. The number of halogens is 1. The number of hydrogen-bond acceptors (Lipinski definition) is 9. The first-order valence-corrected chi connectivity index (χ1v) is 20.1. The minimum Gasteiger partial charge on any atom is -0.464 e. The van der Waals surface area contributed by atoms with Gasteiger partial charge >= 0.3 is 13.6 Å². The van der Waals surface area contributed by atoms with Crippen LogP contribution in [-0.4, -0.2) is 79.9 Å². The van der Waals surface area contributed by atoms with Crippen molar-refractivity contribution in [3.05, 3.63) is 70.3 Å². The Morgan fingerprint density at radius 3 is 2.61 bits per heavy atom. The van der Waals surface area contributed by atoms with Gasteiger partial charge in [-0.15, -0.1) is 11.3 Å². The van der Waals surface area contributed by atoms with Crippen molar-refractivity contribution in [3.63, 3.8) is 0 Å². The molecule has 12 nitrogen and oxygen atoms in total. The van der Waals surface area contributed by atoms with Gasteiger partial charge in [-0.05, 0) is 88.9 Å². The van der Waals surface area contributed by atoms with Gasteiger partial charge in [-0.3, -0.25) is 9.36 Å². The maximum absolute atomic E-state index is 16.6. The largest absolute Gasteiger partial charge is 0.464 e. The van der Waals surface area contributed by atoms with Crippen molar-refractivity contribution in [3.8, 4) is 28.3 Å². The number of alkyl carbamates (subject to hydrolysis) is 1. The average molecular weight is 783 g/mol. The molecule has 1 saturated carbocycles. The number of carbonyl (C=O) groups excluding carboxylic acids is 2. The zero-order valence-corrected chi connectivity index (χ0v) is 33.6. The number of thiazole rings is 1. The Morgan fingerprint density at radius 1 is 1.11 bits per heavy atom. The minimum absolute atomic E-state index is 0.158. The number of imidazole rings is 1. The molecular weight excluding hydrogens is 734 g/mol. The van der Waals surface area contributed by atoms with Gasteiger partial charge in [0.05, 0.1) is 62.9 Å². The van der Waals surface area contributed by atoms with Crippen LogP contribution in [0.1, 0.15) is 101 Å². The fraction of sp³-hybridized carbons (Fsp3) is 0.463. The van der Waals surface area contributed by atoms with Gasteiger partial charge in [0.2, 0.25) is 12.1 Å². The van der Waals surface area contributed by atoms with E-state index in [0.717, 1.165) is 45.5 Å². The molecule has 15 heteroatoms. The first-order valence-electron chi connectivity index (χ1n) is 19.3. The molecule has 0 bridgehead atoms. The predicted molar refractivity (Wildman–Crippen MR) is 214 cm³/mol. The van der Waals surface area contributed by atoms with Crippen LogP contribution in [0.15, 0.2) is 48.8 Å².